The molecule has 0 aliphatic heterocycles. The molecular formula is C12H14F2N2O3S. The Morgan fingerprint density at radius 1 is 1.35 bits per heavy atom. The number of alkyl halides is 2. The lowest BCUT2D eigenvalue weighted by Crippen LogP contribution is -2.28. The predicted octanol–water partition coefficient (Wildman–Crippen LogP) is 2.51. The Hall–Kier alpha value is -1.70. The number of fused-ring (bicyclic) bond motifs is 1. The molecule has 8 heteroatoms. The molecule has 2 heterocycles. The second-order valence-electron chi connectivity index (χ2n) is 5.19. The average molecular weight is 304 g/mol. The third kappa shape index (κ3) is 2.47. The molecule has 0 amide bonds. The van der Waals surface area contributed by atoms with Gasteiger partial charge in [0, 0.05) is 24.7 Å². The Labute approximate surface area is 115 Å². The van der Waals surface area contributed by atoms with E-state index in [-0.39, 0.29) is 4.90 Å². The first kappa shape index (κ1) is 14.7. The average Bonchev–Trinajstić information content (AvgIpc) is 2.72. The highest BCUT2D eigenvalue weighted by atomic mass is 32.2. The van der Waals surface area contributed by atoms with Gasteiger partial charge in [0.25, 0.3) is 0 Å². The van der Waals surface area contributed by atoms with Crippen LogP contribution in [0.5, 0.6) is 5.75 Å². The van der Waals surface area contributed by atoms with Crippen molar-refractivity contribution in [1.82, 2.24) is 9.38 Å². The monoisotopic (exact) mass is 304 g/mol. The lowest BCUT2D eigenvalue weighted by atomic mass is 10.3. The van der Waals surface area contributed by atoms with E-state index in [2.05, 4.69) is 9.72 Å². The zero-order valence-corrected chi connectivity index (χ0v) is 12.0. The van der Waals surface area contributed by atoms with E-state index in [1.165, 1.54) is 49.8 Å². The van der Waals surface area contributed by atoms with Gasteiger partial charge in [0.05, 0.1) is 4.75 Å². The first-order valence-corrected chi connectivity index (χ1v) is 7.27. The maximum absolute atomic E-state index is 12.5. The highest BCUT2D eigenvalue weighted by Crippen LogP contribution is 2.33. The van der Waals surface area contributed by atoms with Crippen LogP contribution in [0.4, 0.5) is 8.78 Å². The van der Waals surface area contributed by atoms with Gasteiger partial charge in [0.1, 0.15) is 16.3 Å². The standard InChI is InChI=1S/C12H14F2N2O3S/c1-12(2,3)20(17,18)9-7-16-5-4-15-10(16)6-8(9)19-11(13)14/h4-7,11H,1-3H3. The lowest BCUT2D eigenvalue weighted by Gasteiger charge is -2.21. The summed E-state index contributed by atoms with van der Waals surface area (Å²) >= 11 is 0. The second kappa shape index (κ2) is 4.69. The summed E-state index contributed by atoms with van der Waals surface area (Å²) in [7, 11) is -3.83. The van der Waals surface area contributed by atoms with Crippen molar-refractivity contribution >= 4 is 15.5 Å². The number of halogens is 2. The zero-order chi connectivity index (χ0) is 15.1. The quantitative estimate of drug-likeness (QED) is 0.874. The van der Waals surface area contributed by atoms with Crippen LogP contribution >= 0.6 is 0 Å². The second-order valence-corrected chi connectivity index (χ2v) is 7.86. The topological polar surface area (TPSA) is 60.7 Å². The molecular weight excluding hydrogens is 290 g/mol. The van der Waals surface area contributed by atoms with Gasteiger partial charge in [-0.15, -0.1) is 0 Å². The third-order valence-electron chi connectivity index (χ3n) is 2.77. The van der Waals surface area contributed by atoms with Crippen molar-refractivity contribution in [3.63, 3.8) is 0 Å². The van der Waals surface area contributed by atoms with Crippen LogP contribution in [-0.2, 0) is 9.84 Å². The van der Waals surface area contributed by atoms with Crippen molar-refractivity contribution in [2.24, 2.45) is 0 Å². The van der Waals surface area contributed by atoms with Gasteiger partial charge < -0.3 is 9.14 Å². The van der Waals surface area contributed by atoms with Gasteiger partial charge in [0.2, 0.25) is 0 Å². The molecule has 2 rings (SSSR count). The lowest BCUT2D eigenvalue weighted by molar-refractivity contribution is -0.0517. The van der Waals surface area contributed by atoms with Gasteiger partial charge >= 0.3 is 6.61 Å². The molecule has 5 nitrogen and oxygen atoms in total. The van der Waals surface area contributed by atoms with Crippen molar-refractivity contribution in [3.05, 3.63) is 24.7 Å². The fourth-order valence-electron chi connectivity index (χ4n) is 1.64. The fourth-order valence-corrected chi connectivity index (χ4v) is 2.93. The maximum Gasteiger partial charge on any atom is 0.387 e. The van der Waals surface area contributed by atoms with E-state index in [0.717, 1.165) is 0 Å². The van der Waals surface area contributed by atoms with E-state index in [9.17, 15) is 17.2 Å². The van der Waals surface area contributed by atoms with Crippen molar-refractivity contribution in [3.8, 4) is 5.75 Å². The van der Waals surface area contributed by atoms with Crippen LogP contribution in [0, 0.1) is 0 Å². The van der Waals surface area contributed by atoms with E-state index in [1.54, 1.807) is 0 Å². The number of sulfone groups is 1. The maximum atomic E-state index is 12.5. The fraction of sp³-hybridized carbons (Fsp3) is 0.417. The summed E-state index contributed by atoms with van der Waals surface area (Å²) in [5.74, 6) is -0.395. The van der Waals surface area contributed by atoms with E-state index in [4.69, 9.17) is 0 Å². The number of hydrogen-bond donors (Lipinski definition) is 0. The Balaban J connectivity index is 2.72. The molecule has 0 radical (unpaired) electrons. The van der Waals surface area contributed by atoms with Crippen molar-refractivity contribution < 1.29 is 21.9 Å². The Morgan fingerprint density at radius 2 is 2.00 bits per heavy atom. The molecule has 20 heavy (non-hydrogen) atoms. The molecule has 0 unspecified atom stereocenters. The Morgan fingerprint density at radius 3 is 2.55 bits per heavy atom. The SMILES string of the molecule is CC(C)(C)S(=O)(=O)c1cn2ccnc2cc1OC(F)F. The van der Waals surface area contributed by atoms with Gasteiger partial charge in [-0.1, -0.05) is 0 Å². The largest absolute Gasteiger partial charge is 0.433 e. The van der Waals surface area contributed by atoms with E-state index in [1.807, 2.05) is 0 Å². The number of ether oxygens (including phenoxy) is 1. The summed E-state index contributed by atoms with van der Waals surface area (Å²) in [6.45, 7) is 1.37. The number of aromatic nitrogens is 2. The molecule has 0 fully saturated rings. The van der Waals surface area contributed by atoms with Crippen molar-refractivity contribution in [2.75, 3.05) is 0 Å². The highest BCUT2D eigenvalue weighted by molar-refractivity contribution is 7.92. The summed E-state index contributed by atoms with van der Waals surface area (Å²) in [6, 6.07) is 1.19. The molecule has 2 aromatic heterocycles. The molecule has 0 saturated heterocycles. The molecule has 0 aromatic carbocycles. The van der Waals surface area contributed by atoms with Crippen LogP contribution in [0.2, 0.25) is 0 Å². The molecule has 110 valence electrons. The Bertz CT molecular complexity index is 733. The summed E-state index contributed by atoms with van der Waals surface area (Å²) < 4.78 is 54.5. The number of pyridine rings is 1. The van der Waals surface area contributed by atoms with Gasteiger partial charge in [-0.2, -0.15) is 8.78 Å². The summed E-state index contributed by atoms with van der Waals surface area (Å²) in [6.07, 6.45) is 4.21. The molecule has 0 spiro atoms. The van der Waals surface area contributed by atoms with E-state index >= 15 is 0 Å². The summed E-state index contributed by atoms with van der Waals surface area (Å²) in [4.78, 5) is 3.63. The van der Waals surface area contributed by atoms with Gasteiger partial charge in [-0.25, -0.2) is 13.4 Å². The molecule has 2 aromatic rings. The normalized spacial score (nSPS) is 13.1. The minimum absolute atomic E-state index is 0.282. The minimum Gasteiger partial charge on any atom is -0.433 e. The Kier molecular flexibility index (Phi) is 3.45. The van der Waals surface area contributed by atoms with E-state index in [0.29, 0.717) is 5.65 Å². The van der Waals surface area contributed by atoms with Crippen LogP contribution in [0.1, 0.15) is 20.8 Å². The van der Waals surface area contributed by atoms with E-state index < -0.39 is 26.9 Å². The highest BCUT2D eigenvalue weighted by Gasteiger charge is 2.34. The predicted molar refractivity (Wildman–Crippen MR) is 68.8 cm³/mol. The summed E-state index contributed by atoms with van der Waals surface area (Å²) in [5, 5.41) is 0. The van der Waals surface area contributed by atoms with Crippen LogP contribution in [0.15, 0.2) is 29.6 Å². The number of imidazole rings is 1. The molecule has 0 N–H and O–H groups in total. The van der Waals surface area contributed by atoms with Crippen LogP contribution < -0.4 is 4.74 Å². The van der Waals surface area contributed by atoms with Gasteiger partial charge in [-0.3, -0.25) is 0 Å². The van der Waals surface area contributed by atoms with Crippen molar-refractivity contribution in [2.45, 2.75) is 37.0 Å². The zero-order valence-electron chi connectivity index (χ0n) is 11.2. The van der Waals surface area contributed by atoms with Crippen LogP contribution in [-0.4, -0.2) is 29.2 Å². The first-order chi connectivity index (χ1) is 9.13. The number of nitrogens with zero attached hydrogens (tertiary/aromatic N) is 2. The van der Waals surface area contributed by atoms with Crippen LogP contribution in [0.3, 0.4) is 0 Å². The van der Waals surface area contributed by atoms with Gasteiger partial charge in [-0.05, 0) is 20.8 Å². The molecule has 0 aliphatic rings. The number of rotatable bonds is 3. The minimum atomic E-state index is -3.83. The van der Waals surface area contributed by atoms with Crippen molar-refractivity contribution in [1.29, 1.82) is 0 Å². The smallest absolute Gasteiger partial charge is 0.387 e. The van der Waals surface area contributed by atoms with Crippen LogP contribution in [0.25, 0.3) is 5.65 Å². The third-order valence-corrected chi connectivity index (χ3v) is 5.27. The van der Waals surface area contributed by atoms with Gasteiger partial charge in [0.15, 0.2) is 9.84 Å². The molecule has 0 saturated carbocycles. The molecule has 0 aliphatic carbocycles. The molecule has 0 bridgehead atoms. The first-order valence-electron chi connectivity index (χ1n) is 5.79. The molecule has 0 atom stereocenters. The summed E-state index contributed by atoms with van der Waals surface area (Å²) in [5.41, 5.74) is 0.327. The number of hydrogen-bond acceptors (Lipinski definition) is 4.